The van der Waals surface area contributed by atoms with Gasteiger partial charge in [-0.3, -0.25) is 4.79 Å². The Morgan fingerprint density at radius 3 is 2.71 bits per heavy atom. The zero-order valence-corrected chi connectivity index (χ0v) is 11.2. The van der Waals surface area contributed by atoms with Crippen LogP contribution in [0.15, 0.2) is 24.3 Å². The van der Waals surface area contributed by atoms with Gasteiger partial charge in [-0.25, -0.2) is 0 Å². The van der Waals surface area contributed by atoms with Gasteiger partial charge in [0, 0.05) is 12.1 Å². The first-order chi connectivity index (χ1) is 9.92. The molecule has 1 amide bonds. The summed E-state index contributed by atoms with van der Waals surface area (Å²) in [6, 6.07) is 7.09. The SMILES string of the molecule is NCC#Cc1ccccc1CNC(=O)COCC(F)(F)F. The topological polar surface area (TPSA) is 64.3 Å². The first kappa shape index (κ1) is 17.0. The highest BCUT2D eigenvalue weighted by Crippen LogP contribution is 2.14. The van der Waals surface area contributed by atoms with E-state index in [1.807, 2.05) is 0 Å². The lowest BCUT2D eigenvalue weighted by Crippen LogP contribution is -2.29. The van der Waals surface area contributed by atoms with Crippen LogP contribution in [0.1, 0.15) is 11.1 Å². The van der Waals surface area contributed by atoms with Gasteiger partial charge in [0.1, 0.15) is 13.2 Å². The Balaban J connectivity index is 2.46. The maximum absolute atomic E-state index is 11.8. The Bertz CT molecular complexity index is 533. The molecule has 0 saturated heterocycles. The molecule has 3 N–H and O–H groups in total. The molecule has 0 aliphatic rings. The average Bonchev–Trinajstić information content (AvgIpc) is 2.42. The van der Waals surface area contributed by atoms with Crippen LogP contribution >= 0.6 is 0 Å². The molecular formula is C14H15F3N2O2. The van der Waals surface area contributed by atoms with Crippen molar-refractivity contribution < 1.29 is 22.7 Å². The Labute approximate surface area is 120 Å². The molecule has 0 aliphatic heterocycles. The van der Waals surface area contributed by atoms with Crippen LogP contribution in [0.4, 0.5) is 13.2 Å². The zero-order chi connectivity index (χ0) is 15.7. The van der Waals surface area contributed by atoms with Gasteiger partial charge in [0.25, 0.3) is 0 Å². The summed E-state index contributed by atoms with van der Waals surface area (Å²) in [7, 11) is 0. The van der Waals surface area contributed by atoms with Crippen LogP contribution in [0.3, 0.4) is 0 Å². The summed E-state index contributed by atoms with van der Waals surface area (Å²) >= 11 is 0. The minimum Gasteiger partial charge on any atom is -0.362 e. The summed E-state index contributed by atoms with van der Waals surface area (Å²) in [6.07, 6.45) is -4.44. The molecule has 0 unspecified atom stereocenters. The van der Waals surface area contributed by atoms with Crippen LogP contribution in [-0.4, -0.2) is 31.8 Å². The number of alkyl halides is 3. The van der Waals surface area contributed by atoms with E-state index in [2.05, 4.69) is 21.9 Å². The molecule has 0 aliphatic carbocycles. The third-order valence-electron chi connectivity index (χ3n) is 2.32. The number of carbonyl (C=O) groups is 1. The van der Waals surface area contributed by atoms with E-state index in [9.17, 15) is 18.0 Å². The van der Waals surface area contributed by atoms with Crippen molar-refractivity contribution in [3.63, 3.8) is 0 Å². The number of amides is 1. The van der Waals surface area contributed by atoms with Crippen molar-refractivity contribution in [3.8, 4) is 11.8 Å². The second-order valence-electron chi connectivity index (χ2n) is 4.05. The largest absolute Gasteiger partial charge is 0.411 e. The van der Waals surface area contributed by atoms with E-state index >= 15 is 0 Å². The van der Waals surface area contributed by atoms with E-state index in [0.717, 1.165) is 5.56 Å². The Morgan fingerprint density at radius 2 is 2.05 bits per heavy atom. The lowest BCUT2D eigenvalue weighted by molar-refractivity contribution is -0.175. The van der Waals surface area contributed by atoms with Gasteiger partial charge in [0.05, 0.1) is 6.54 Å². The summed E-state index contributed by atoms with van der Waals surface area (Å²) in [5, 5.41) is 2.47. The molecule has 0 saturated carbocycles. The molecule has 21 heavy (non-hydrogen) atoms. The minimum atomic E-state index is -4.44. The van der Waals surface area contributed by atoms with Gasteiger partial charge in [-0.15, -0.1) is 0 Å². The number of hydrogen-bond acceptors (Lipinski definition) is 3. The molecule has 114 valence electrons. The molecule has 0 fully saturated rings. The lowest BCUT2D eigenvalue weighted by atomic mass is 10.1. The van der Waals surface area contributed by atoms with E-state index < -0.39 is 25.3 Å². The second kappa shape index (κ2) is 8.29. The molecule has 0 aromatic heterocycles. The average molecular weight is 300 g/mol. The fraction of sp³-hybridized carbons (Fsp3) is 0.357. The van der Waals surface area contributed by atoms with Crippen LogP contribution < -0.4 is 11.1 Å². The lowest BCUT2D eigenvalue weighted by Gasteiger charge is -2.09. The summed E-state index contributed by atoms with van der Waals surface area (Å²) in [4.78, 5) is 11.4. The van der Waals surface area contributed by atoms with E-state index in [-0.39, 0.29) is 13.1 Å². The number of hydrogen-bond donors (Lipinski definition) is 2. The molecule has 0 atom stereocenters. The highest BCUT2D eigenvalue weighted by Gasteiger charge is 2.27. The number of nitrogens with one attached hydrogen (secondary N) is 1. The first-order valence-corrected chi connectivity index (χ1v) is 6.10. The molecular weight excluding hydrogens is 285 g/mol. The van der Waals surface area contributed by atoms with Crippen LogP contribution in [0.25, 0.3) is 0 Å². The van der Waals surface area contributed by atoms with Crippen LogP contribution in [0.5, 0.6) is 0 Å². The summed E-state index contributed by atoms with van der Waals surface area (Å²) < 4.78 is 39.8. The Morgan fingerprint density at radius 1 is 1.33 bits per heavy atom. The zero-order valence-electron chi connectivity index (χ0n) is 11.2. The molecule has 0 bridgehead atoms. The summed E-state index contributed by atoms with van der Waals surface area (Å²) in [5.41, 5.74) is 6.75. The number of benzene rings is 1. The van der Waals surface area contributed by atoms with Crippen molar-refractivity contribution in [1.82, 2.24) is 5.32 Å². The monoisotopic (exact) mass is 300 g/mol. The standard InChI is InChI=1S/C14H15F3N2O2/c15-14(16,17)10-21-9-13(20)19-8-12-5-2-1-4-11(12)6-3-7-18/h1-2,4-5H,7-10,18H2,(H,19,20). The summed E-state index contributed by atoms with van der Waals surface area (Å²) in [5.74, 6) is 4.93. The van der Waals surface area contributed by atoms with Gasteiger partial charge >= 0.3 is 6.18 Å². The van der Waals surface area contributed by atoms with Crippen molar-refractivity contribution in [1.29, 1.82) is 0 Å². The smallest absolute Gasteiger partial charge is 0.362 e. The predicted octanol–water partition coefficient (Wildman–Crippen LogP) is 1.19. The number of ether oxygens (including phenoxy) is 1. The minimum absolute atomic E-state index is 0.156. The molecule has 4 nitrogen and oxygen atoms in total. The van der Waals surface area contributed by atoms with Crippen LogP contribution in [0, 0.1) is 11.8 Å². The van der Waals surface area contributed by atoms with Crippen molar-refractivity contribution in [2.45, 2.75) is 12.7 Å². The molecule has 1 aromatic carbocycles. The molecule has 0 radical (unpaired) electrons. The van der Waals surface area contributed by atoms with Crippen molar-refractivity contribution in [3.05, 3.63) is 35.4 Å². The van der Waals surface area contributed by atoms with Gasteiger partial charge in [-0.05, 0) is 11.6 Å². The van der Waals surface area contributed by atoms with E-state index in [0.29, 0.717) is 5.56 Å². The van der Waals surface area contributed by atoms with E-state index in [1.165, 1.54) is 0 Å². The number of carbonyl (C=O) groups excluding carboxylic acids is 1. The second-order valence-corrected chi connectivity index (χ2v) is 4.05. The van der Waals surface area contributed by atoms with Crippen molar-refractivity contribution in [2.75, 3.05) is 19.8 Å². The molecule has 0 spiro atoms. The van der Waals surface area contributed by atoms with Crippen molar-refractivity contribution >= 4 is 5.91 Å². The van der Waals surface area contributed by atoms with E-state index in [4.69, 9.17) is 5.73 Å². The normalized spacial score (nSPS) is 10.7. The Kier molecular flexibility index (Phi) is 6.72. The highest BCUT2D eigenvalue weighted by atomic mass is 19.4. The number of halogens is 3. The highest BCUT2D eigenvalue weighted by molar-refractivity contribution is 5.77. The first-order valence-electron chi connectivity index (χ1n) is 6.10. The van der Waals surface area contributed by atoms with E-state index in [1.54, 1.807) is 24.3 Å². The van der Waals surface area contributed by atoms with Gasteiger partial charge in [-0.1, -0.05) is 30.0 Å². The molecule has 7 heteroatoms. The van der Waals surface area contributed by atoms with Crippen LogP contribution in [0.2, 0.25) is 0 Å². The van der Waals surface area contributed by atoms with Crippen molar-refractivity contribution in [2.24, 2.45) is 5.73 Å². The maximum Gasteiger partial charge on any atom is 0.411 e. The number of nitrogens with two attached hydrogens (primary N) is 1. The number of rotatable bonds is 5. The Hall–Kier alpha value is -2.04. The van der Waals surface area contributed by atoms with Gasteiger partial charge in [0.2, 0.25) is 5.91 Å². The van der Waals surface area contributed by atoms with Gasteiger partial charge in [-0.2, -0.15) is 13.2 Å². The maximum atomic E-state index is 11.8. The fourth-order valence-electron chi connectivity index (χ4n) is 1.45. The predicted molar refractivity (Wildman–Crippen MR) is 71.1 cm³/mol. The quantitative estimate of drug-likeness (QED) is 0.803. The summed E-state index contributed by atoms with van der Waals surface area (Å²) in [6.45, 7) is -1.72. The van der Waals surface area contributed by atoms with Gasteiger partial charge < -0.3 is 15.8 Å². The molecule has 1 rings (SSSR count). The third kappa shape index (κ3) is 7.34. The third-order valence-corrected chi connectivity index (χ3v) is 2.32. The molecule has 1 aromatic rings. The van der Waals surface area contributed by atoms with Gasteiger partial charge in [0.15, 0.2) is 0 Å². The molecule has 0 heterocycles. The fourth-order valence-corrected chi connectivity index (χ4v) is 1.45. The van der Waals surface area contributed by atoms with Crippen LogP contribution in [-0.2, 0) is 16.1 Å².